The van der Waals surface area contributed by atoms with Crippen LogP contribution in [0.1, 0.15) is 49.9 Å². The van der Waals surface area contributed by atoms with Crippen LogP contribution >= 0.6 is 11.3 Å². The largest absolute Gasteiger partial charge is 0.309 e. The predicted molar refractivity (Wildman–Crippen MR) is 265 cm³/mol. The molecule has 1 aromatic heterocycles. The summed E-state index contributed by atoms with van der Waals surface area (Å²) in [6, 6.07) is 74.7. The van der Waals surface area contributed by atoms with Crippen molar-refractivity contribution in [2.24, 2.45) is 0 Å². The molecular formula is C60H45NS. The molecule has 2 aliphatic rings. The molecule has 0 spiro atoms. The summed E-state index contributed by atoms with van der Waals surface area (Å²) in [6.45, 7) is 9.53. The number of thiophene rings is 1. The summed E-state index contributed by atoms with van der Waals surface area (Å²) in [5.74, 6) is 0. The van der Waals surface area contributed by atoms with E-state index < -0.39 is 0 Å². The number of para-hydroxylation sites is 1. The lowest BCUT2D eigenvalue weighted by molar-refractivity contribution is 0.659. The van der Waals surface area contributed by atoms with E-state index in [1.54, 1.807) is 0 Å². The van der Waals surface area contributed by atoms with Gasteiger partial charge in [0.15, 0.2) is 0 Å². The van der Waals surface area contributed by atoms with E-state index >= 15 is 0 Å². The van der Waals surface area contributed by atoms with Crippen LogP contribution in [0.15, 0.2) is 200 Å². The Hall–Kier alpha value is -7.00. The van der Waals surface area contributed by atoms with Crippen LogP contribution in [-0.4, -0.2) is 0 Å². The number of anilines is 3. The second kappa shape index (κ2) is 13.8. The molecule has 0 saturated carbocycles. The fraction of sp³-hybridized carbons (Fsp3) is 0.100. The molecule has 1 nitrogen and oxygen atoms in total. The highest BCUT2D eigenvalue weighted by molar-refractivity contribution is 7.26. The monoisotopic (exact) mass is 811 g/mol. The Labute approximate surface area is 368 Å². The molecule has 0 amide bonds. The first-order chi connectivity index (χ1) is 30.3. The van der Waals surface area contributed by atoms with E-state index in [-0.39, 0.29) is 10.8 Å². The Morgan fingerprint density at radius 2 is 0.887 bits per heavy atom. The minimum atomic E-state index is -0.168. The standard InChI is InChI=1S/C60H45NS/c1-59(2)50-22-13-11-21-45(50)46-30-26-40(34-52(46)59)41-27-31-47-49-37-43(29-33-51(49)60(3,4)53(47)35-41)61(54-23-14-12-20-44(54)39-18-9-6-10-19-39)55-24-15-25-56-58(55)48-32-28-42(36-57(48)62-56)38-16-7-5-8-17-38/h5-37H,1-4H3. The van der Waals surface area contributed by atoms with E-state index in [0.29, 0.717) is 0 Å². The summed E-state index contributed by atoms with van der Waals surface area (Å²) < 4.78 is 2.57. The van der Waals surface area contributed by atoms with Gasteiger partial charge in [0.25, 0.3) is 0 Å². The number of benzene rings is 9. The number of hydrogen-bond acceptors (Lipinski definition) is 2. The van der Waals surface area contributed by atoms with Gasteiger partial charge in [0.05, 0.1) is 11.4 Å². The maximum absolute atomic E-state index is 2.52. The van der Waals surface area contributed by atoms with E-state index in [0.717, 1.165) is 11.4 Å². The first kappa shape index (κ1) is 36.8. The second-order valence-electron chi connectivity index (χ2n) is 18.1. The van der Waals surface area contributed by atoms with Gasteiger partial charge < -0.3 is 4.90 Å². The topological polar surface area (TPSA) is 3.24 Å². The van der Waals surface area contributed by atoms with Gasteiger partial charge in [-0.15, -0.1) is 11.3 Å². The second-order valence-corrected chi connectivity index (χ2v) is 19.2. The van der Waals surface area contributed by atoms with Crippen molar-refractivity contribution >= 4 is 48.6 Å². The lowest BCUT2D eigenvalue weighted by Gasteiger charge is -2.30. The number of rotatable bonds is 6. The Morgan fingerprint density at radius 1 is 0.339 bits per heavy atom. The zero-order valence-corrected chi connectivity index (χ0v) is 36.2. The van der Waals surface area contributed by atoms with Gasteiger partial charge in [-0.3, -0.25) is 0 Å². The lowest BCUT2D eigenvalue weighted by atomic mass is 9.80. The van der Waals surface area contributed by atoms with Crippen molar-refractivity contribution in [3.63, 3.8) is 0 Å². The zero-order valence-electron chi connectivity index (χ0n) is 35.4. The Bertz CT molecular complexity index is 3410. The summed E-state index contributed by atoms with van der Waals surface area (Å²) in [7, 11) is 0. The van der Waals surface area contributed by atoms with Crippen LogP contribution in [-0.2, 0) is 10.8 Å². The van der Waals surface area contributed by atoms with Gasteiger partial charge in [-0.05, 0) is 121 Å². The third-order valence-corrected chi connectivity index (χ3v) is 15.0. The van der Waals surface area contributed by atoms with Crippen molar-refractivity contribution in [2.45, 2.75) is 38.5 Å². The Balaban J connectivity index is 1.02. The third kappa shape index (κ3) is 5.53. The van der Waals surface area contributed by atoms with Gasteiger partial charge in [0, 0.05) is 42.3 Å². The van der Waals surface area contributed by atoms with Crippen LogP contribution < -0.4 is 4.90 Å². The van der Waals surface area contributed by atoms with Gasteiger partial charge in [-0.2, -0.15) is 0 Å². The zero-order chi connectivity index (χ0) is 41.7. The number of hydrogen-bond donors (Lipinski definition) is 0. The first-order valence-electron chi connectivity index (χ1n) is 21.8. The molecule has 2 heteroatoms. The average molecular weight is 812 g/mol. The molecule has 0 aliphatic heterocycles. The van der Waals surface area contributed by atoms with Crippen LogP contribution in [0.5, 0.6) is 0 Å². The summed E-state index contributed by atoms with van der Waals surface area (Å²) in [5.41, 5.74) is 21.6. The van der Waals surface area contributed by atoms with Crippen LogP contribution in [0.3, 0.4) is 0 Å². The highest BCUT2D eigenvalue weighted by atomic mass is 32.1. The maximum atomic E-state index is 2.52. The summed E-state index contributed by atoms with van der Waals surface area (Å²) >= 11 is 1.88. The van der Waals surface area contributed by atoms with Gasteiger partial charge in [-0.25, -0.2) is 0 Å². The summed E-state index contributed by atoms with van der Waals surface area (Å²) in [5, 5.41) is 2.56. The maximum Gasteiger partial charge on any atom is 0.0555 e. The van der Waals surface area contributed by atoms with Gasteiger partial charge in [0.2, 0.25) is 0 Å². The van der Waals surface area contributed by atoms with E-state index in [4.69, 9.17) is 0 Å². The fourth-order valence-corrected chi connectivity index (χ4v) is 11.9. The van der Waals surface area contributed by atoms with Crippen molar-refractivity contribution in [1.82, 2.24) is 0 Å². The minimum absolute atomic E-state index is 0.0414. The molecule has 0 bridgehead atoms. The van der Waals surface area contributed by atoms with Crippen molar-refractivity contribution < 1.29 is 0 Å². The molecule has 10 aromatic rings. The molecule has 2 aliphatic carbocycles. The van der Waals surface area contributed by atoms with Crippen LogP contribution in [0, 0.1) is 0 Å². The van der Waals surface area contributed by atoms with Crippen molar-refractivity contribution in [2.75, 3.05) is 4.90 Å². The predicted octanol–water partition coefficient (Wildman–Crippen LogP) is 17.1. The quantitative estimate of drug-likeness (QED) is 0.162. The average Bonchev–Trinajstić information content (AvgIpc) is 3.89. The Kier molecular flexibility index (Phi) is 8.17. The van der Waals surface area contributed by atoms with Crippen molar-refractivity contribution in [3.05, 3.63) is 222 Å². The van der Waals surface area contributed by atoms with Gasteiger partial charge in [-0.1, -0.05) is 179 Å². The van der Waals surface area contributed by atoms with Crippen molar-refractivity contribution in [3.8, 4) is 55.6 Å². The number of nitrogens with zero attached hydrogens (tertiary/aromatic N) is 1. The highest BCUT2D eigenvalue weighted by Crippen LogP contribution is 2.54. The van der Waals surface area contributed by atoms with E-state index in [9.17, 15) is 0 Å². The molecule has 0 unspecified atom stereocenters. The first-order valence-corrected chi connectivity index (χ1v) is 22.6. The minimum Gasteiger partial charge on any atom is -0.309 e. The smallest absolute Gasteiger partial charge is 0.0555 e. The third-order valence-electron chi connectivity index (χ3n) is 13.9. The van der Waals surface area contributed by atoms with Crippen LogP contribution in [0.25, 0.3) is 75.8 Å². The van der Waals surface area contributed by atoms with Crippen molar-refractivity contribution in [1.29, 1.82) is 0 Å². The molecule has 0 radical (unpaired) electrons. The molecule has 12 rings (SSSR count). The molecular weight excluding hydrogens is 767 g/mol. The molecule has 0 saturated heterocycles. The number of fused-ring (bicyclic) bond motifs is 9. The molecule has 62 heavy (non-hydrogen) atoms. The highest BCUT2D eigenvalue weighted by Gasteiger charge is 2.38. The SMILES string of the molecule is CC1(C)c2ccccc2-c2ccc(-c3ccc4c(c3)C(C)(C)c3ccc(N(c5ccccc5-c5ccccc5)c5cccc6sc7cc(-c8ccccc8)ccc7c56)cc3-4)cc21. The van der Waals surface area contributed by atoms with Gasteiger partial charge in [0.1, 0.15) is 0 Å². The molecule has 1 heterocycles. The van der Waals surface area contributed by atoms with Gasteiger partial charge >= 0.3 is 0 Å². The summed E-state index contributed by atoms with van der Waals surface area (Å²) in [4.78, 5) is 2.52. The fourth-order valence-electron chi connectivity index (χ4n) is 10.7. The van der Waals surface area contributed by atoms with Crippen LogP contribution in [0.2, 0.25) is 0 Å². The molecule has 0 fully saturated rings. The van der Waals surface area contributed by atoms with E-state index in [1.165, 1.54) is 104 Å². The van der Waals surface area contributed by atoms with Crippen LogP contribution in [0.4, 0.5) is 17.1 Å². The Morgan fingerprint density at radius 3 is 1.61 bits per heavy atom. The molecule has 296 valence electrons. The molecule has 0 atom stereocenters. The van der Waals surface area contributed by atoms with E-state index in [2.05, 4.69) is 233 Å². The summed E-state index contributed by atoms with van der Waals surface area (Å²) in [6.07, 6.45) is 0. The van der Waals surface area contributed by atoms with E-state index in [1.807, 2.05) is 11.3 Å². The lowest BCUT2D eigenvalue weighted by Crippen LogP contribution is -2.16. The normalized spacial score (nSPS) is 14.1. The molecule has 0 N–H and O–H groups in total. The molecule has 9 aromatic carbocycles.